The van der Waals surface area contributed by atoms with E-state index in [1.165, 1.54) is 12.8 Å². The Morgan fingerprint density at radius 1 is 1.35 bits per heavy atom. The maximum Gasteiger partial charge on any atom is 0.226 e. The normalized spacial score (nSPS) is 15.1. The molecule has 1 fully saturated rings. The lowest BCUT2D eigenvalue weighted by Crippen LogP contribution is -2.09. The van der Waals surface area contributed by atoms with Crippen LogP contribution in [-0.4, -0.2) is 33.0 Å². The van der Waals surface area contributed by atoms with E-state index in [0.29, 0.717) is 11.6 Å². The van der Waals surface area contributed by atoms with E-state index >= 15 is 0 Å². The van der Waals surface area contributed by atoms with Gasteiger partial charge in [-0.05, 0) is 25.7 Å². The van der Waals surface area contributed by atoms with E-state index in [1.807, 2.05) is 6.92 Å². The van der Waals surface area contributed by atoms with Gasteiger partial charge >= 0.3 is 0 Å². The Morgan fingerprint density at radius 3 is 3.00 bits per heavy atom. The molecule has 0 bridgehead atoms. The first-order chi connectivity index (χ1) is 8.36. The van der Waals surface area contributed by atoms with Gasteiger partial charge in [-0.2, -0.15) is 9.97 Å². The molecule has 1 aliphatic carbocycles. The van der Waals surface area contributed by atoms with Crippen LogP contribution in [0.4, 0.5) is 11.8 Å². The average Bonchev–Trinajstić information content (AvgIpc) is 3.03. The Balaban J connectivity index is 1.90. The Kier molecular flexibility index (Phi) is 2.55. The molecule has 0 aromatic carbocycles. The molecule has 2 aromatic heterocycles. The van der Waals surface area contributed by atoms with E-state index in [-0.39, 0.29) is 0 Å². The van der Waals surface area contributed by atoms with Gasteiger partial charge in [0.15, 0.2) is 11.5 Å². The van der Waals surface area contributed by atoms with Gasteiger partial charge in [0.1, 0.15) is 5.52 Å². The highest BCUT2D eigenvalue weighted by atomic mass is 15.2. The lowest BCUT2D eigenvalue weighted by Gasteiger charge is -2.07. The van der Waals surface area contributed by atoms with Gasteiger partial charge in [0.2, 0.25) is 5.95 Å². The molecule has 90 valence electrons. The number of fused-ring (bicyclic) bond motifs is 1. The van der Waals surface area contributed by atoms with Crippen molar-refractivity contribution in [3.8, 4) is 0 Å². The molecule has 0 atom stereocenters. The van der Waals surface area contributed by atoms with E-state index in [2.05, 4.69) is 30.6 Å². The van der Waals surface area contributed by atoms with Crippen LogP contribution in [0.1, 0.15) is 19.8 Å². The van der Waals surface area contributed by atoms with Crippen LogP contribution in [0.3, 0.4) is 0 Å². The molecule has 1 saturated carbocycles. The fraction of sp³-hybridized carbons (Fsp3) is 0.545. The van der Waals surface area contributed by atoms with Gasteiger partial charge in [-0.15, -0.1) is 0 Å². The second kappa shape index (κ2) is 4.20. The van der Waals surface area contributed by atoms with Gasteiger partial charge in [0, 0.05) is 13.1 Å². The summed E-state index contributed by atoms with van der Waals surface area (Å²) in [5, 5.41) is 6.49. The summed E-state index contributed by atoms with van der Waals surface area (Å²) in [4.78, 5) is 16.0. The number of aromatic amines is 1. The summed E-state index contributed by atoms with van der Waals surface area (Å²) in [6.45, 7) is 3.81. The molecule has 1 aliphatic rings. The maximum absolute atomic E-state index is 4.46. The lowest BCUT2D eigenvalue weighted by atomic mass is 10.4. The molecular weight excluding hydrogens is 216 g/mol. The predicted octanol–water partition coefficient (Wildman–Crippen LogP) is 1.61. The standard InChI is InChI=1S/C11H16N6/c1-2-12-11-16-9(13-5-7-3-4-7)8-10(17-11)15-6-14-8/h6-7H,2-5H2,1H3,(H3,12,13,14,15,16,17). The van der Waals surface area contributed by atoms with Crippen molar-refractivity contribution in [2.24, 2.45) is 5.92 Å². The zero-order chi connectivity index (χ0) is 11.7. The largest absolute Gasteiger partial charge is 0.368 e. The zero-order valence-corrected chi connectivity index (χ0v) is 9.82. The van der Waals surface area contributed by atoms with E-state index in [4.69, 9.17) is 0 Å². The van der Waals surface area contributed by atoms with Crippen LogP contribution in [0.25, 0.3) is 11.2 Å². The summed E-state index contributed by atoms with van der Waals surface area (Å²) in [5.41, 5.74) is 1.58. The SMILES string of the molecule is CCNc1nc(NCC2CC2)c2[nH]cnc2n1. The van der Waals surface area contributed by atoms with Crippen LogP contribution in [0.5, 0.6) is 0 Å². The number of nitrogens with one attached hydrogen (secondary N) is 3. The topological polar surface area (TPSA) is 78.5 Å². The fourth-order valence-electron chi connectivity index (χ4n) is 1.76. The van der Waals surface area contributed by atoms with Crippen LogP contribution >= 0.6 is 0 Å². The molecule has 6 nitrogen and oxygen atoms in total. The lowest BCUT2D eigenvalue weighted by molar-refractivity contribution is 0.883. The summed E-state index contributed by atoms with van der Waals surface area (Å²) < 4.78 is 0. The highest BCUT2D eigenvalue weighted by molar-refractivity contribution is 5.83. The van der Waals surface area contributed by atoms with E-state index in [9.17, 15) is 0 Å². The van der Waals surface area contributed by atoms with Gasteiger partial charge in [-0.1, -0.05) is 0 Å². The third-order valence-electron chi connectivity index (χ3n) is 2.88. The van der Waals surface area contributed by atoms with Crippen molar-refractivity contribution < 1.29 is 0 Å². The fourth-order valence-corrected chi connectivity index (χ4v) is 1.76. The number of aromatic nitrogens is 4. The first-order valence-electron chi connectivity index (χ1n) is 6.05. The number of hydrogen-bond donors (Lipinski definition) is 3. The summed E-state index contributed by atoms with van der Waals surface area (Å²) in [6.07, 6.45) is 4.30. The monoisotopic (exact) mass is 232 g/mol. The van der Waals surface area contributed by atoms with Crippen LogP contribution in [0, 0.1) is 5.92 Å². The van der Waals surface area contributed by atoms with E-state index in [0.717, 1.165) is 30.3 Å². The van der Waals surface area contributed by atoms with Crippen molar-refractivity contribution >= 4 is 22.9 Å². The van der Waals surface area contributed by atoms with Crippen molar-refractivity contribution in [1.82, 2.24) is 19.9 Å². The van der Waals surface area contributed by atoms with Crippen LogP contribution in [0.2, 0.25) is 0 Å². The minimum absolute atomic E-state index is 0.630. The number of hydrogen-bond acceptors (Lipinski definition) is 5. The maximum atomic E-state index is 4.46. The van der Waals surface area contributed by atoms with Crippen LogP contribution in [0.15, 0.2) is 6.33 Å². The molecule has 0 radical (unpaired) electrons. The van der Waals surface area contributed by atoms with Gasteiger partial charge in [0.25, 0.3) is 0 Å². The minimum Gasteiger partial charge on any atom is -0.368 e. The molecule has 0 unspecified atom stereocenters. The molecule has 0 amide bonds. The van der Waals surface area contributed by atoms with Gasteiger partial charge < -0.3 is 15.6 Å². The highest BCUT2D eigenvalue weighted by Gasteiger charge is 2.21. The molecule has 2 heterocycles. The molecule has 6 heteroatoms. The first kappa shape index (κ1) is 10.3. The quantitative estimate of drug-likeness (QED) is 0.730. The molecule has 17 heavy (non-hydrogen) atoms. The van der Waals surface area contributed by atoms with Crippen molar-refractivity contribution in [1.29, 1.82) is 0 Å². The number of anilines is 2. The molecule has 3 N–H and O–H groups in total. The minimum atomic E-state index is 0.630. The highest BCUT2D eigenvalue weighted by Crippen LogP contribution is 2.29. The predicted molar refractivity (Wildman–Crippen MR) is 67.1 cm³/mol. The van der Waals surface area contributed by atoms with Crippen LogP contribution < -0.4 is 10.6 Å². The summed E-state index contributed by atoms with van der Waals surface area (Å²) in [7, 11) is 0. The average molecular weight is 232 g/mol. The Morgan fingerprint density at radius 2 is 2.24 bits per heavy atom. The van der Waals surface area contributed by atoms with Gasteiger partial charge in [0.05, 0.1) is 6.33 Å². The molecule has 2 aromatic rings. The van der Waals surface area contributed by atoms with E-state index in [1.54, 1.807) is 6.33 Å². The summed E-state index contributed by atoms with van der Waals surface area (Å²) in [5.74, 6) is 2.28. The molecule has 0 spiro atoms. The Bertz CT molecular complexity index is 516. The number of rotatable bonds is 5. The van der Waals surface area contributed by atoms with Crippen molar-refractivity contribution in [3.05, 3.63) is 6.33 Å². The number of nitrogens with zero attached hydrogens (tertiary/aromatic N) is 3. The van der Waals surface area contributed by atoms with E-state index < -0.39 is 0 Å². The summed E-state index contributed by atoms with van der Waals surface area (Å²) >= 11 is 0. The third-order valence-corrected chi connectivity index (χ3v) is 2.88. The molecule has 3 rings (SSSR count). The Labute approximate surface area is 99.3 Å². The second-order valence-electron chi connectivity index (χ2n) is 4.35. The number of imidazole rings is 1. The second-order valence-corrected chi connectivity index (χ2v) is 4.35. The molecule has 0 saturated heterocycles. The Hall–Kier alpha value is -1.85. The summed E-state index contributed by atoms with van der Waals surface area (Å²) in [6, 6.07) is 0. The molecular formula is C11H16N6. The van der Waals surface area contributed by atoms with Crippen molar-refractivity contribution in [2.45, 2.75) is 19.8 Å². The van der Waals surface area contributed by atoms with Crippen molar-refractivity contribution in [3.63, 3.8) is 0 Å². The first-order valence-corrected chi connectivity index (χ1v) is 6.05. The van der Waals surface area contributed by atoms with Gasteiger partial charge in [-0.25, -0.2) is 4.98 Å². The zero-order valence-electron chi connectivity index (χ0n) is 9.82. The number of H-pyrrole nitrogens is 1. The smallest absolute Gasteiger partial charge is 0.226 e. The third kappa shape index (κ3) is 2.15. The van der Waals surface area contributed by atoms with Crippen molar-refractivity contribution in [2.75, 3.05) is 23.7 Å². The van der Waals surface area contributed by atoms with Crippen LogP contribution in [-0.2, 0) is 0 Å². The molecule has 0 aliphatic heterocycles. The van der Waals surface area contributed by atoms with Gasteiger partial charge in [-0.3, -0.25) is 0 Å².